The quantitative estimate of drug-likeness (QED) is 0.374. The van der Waals surface area contributed by atoms with Gasteiger partial charge < -0.3 is 25.0 Å². The summed E-state index contributed by atoms with van der Waals surface area (Å²) >= 11 is 6.11. The second kappa shape index (κ2) is 11.2. The lowest BCUT2D eigenvalue weighted by atomic mass is 10.2. The molecule has 0 radical (unpaired) electrons. The lowest BCUT2D eigenvalue weighted by Gasteiger charge is -2.23. The van der Waals surface area contributed by atoms with Crippen molar-refractivity contribution in [3.63, 3.8) is 0 Å². The summed E-state index contributed by atoms with van der Waals surface area (Å²) in [5, 5.41) is 7.63. The van der Waals surface area contributed by atoms with Crippen LogP contribution in [0.25, 0.3) is 0 Å². The van der Waals surface area contributed by atoms with Crippen molar-refractivity contribution in [1.29, 1.82) is 0 Å². The number of anilines is 1. The summed E-state index contributed by atoms with van der Waals surface area (Å²) in [6.45, 7) is 7.42. The Morgan fingerprint density at radius 1 is 1.38 bits per heavy atom. The molecule has 2 fully saturated rings. The average molecular weight is 495 g/mol. The van der Waals surface area contributed by atoms with Gasteiger partial charge in [0.1, 0.15) is 6.10 Å². The molecule has 1 aromatic carbocycles. The van der Waals surface area contributed by atoms with E-state index >= 15 is 0 Å². The van der Waals surface area contributed by atoms with Crippen molar-refractivity contribution in [3.05, 3.63) is 29.3 Å². The first kappa shape index (κ1) is 21.5. The van der Waals surface area contributed by atoms with Crippen molar-refractivity contribution >= 4 is 47.2 Å². The summed E-state index contributed by atoms with van der Waals surface area (Å²) in [6.07, 6.45) is 1.12. The molecule has 2 aliphatic rings. The number of guanidine groups is 1. The van der Waals surface area contributed by atoms with E-state index in [1.54, 1.807) is 0 Å². The van der Waals surface area contributed by atoms with E-state index in [4.69, 9.17) is 21.1 Å². The van der Waals surface area contributed by atoms with Gasteiger partial charge in [-0.3, -0.25) is 4.99 Å². The topological polar surface area (TPSA) is 58.1 Å². The van der Waals surface area contributed by atoms with Crippen LogP contribution >= 0.6 is 35.6 Å². The highest BCUT2D eigenvalue weighted by Gasteiger charge is 2.24. The number of rotatable bonds is 5. The Bertz CT molecular complexity index is 584. The maximum absolute atomic E-state index is 6.11. The fourth-order valence-electron chi connectivity index (χ4n) is 3.13. The molecule has 0 saturated carbocycles. The molecular formula is C18H28ClIN4O2. The van der Waals surface area contributed by atoms with E-state index in [0.717, 1.165) is 37.0 Å². The molecule has 2 saturated heterocycles. The van der Waals surface area contributed by atoms with Gasteiger partial charge in [-0.1, -0.05) is 17.7 Å². The maximum Gasteiger partial charge on any atom is 0.191 e. The molecule has 2 aliphatic heterocycles. The average Bonchev–Trinajstić information content (AvgIpc) is 3.09. The van der Waals surface area contributed by atoms with Gasteiger partial charge in [0, 0.05) is 36.4 Å². The molecule has 0 aliphatic carbocycles. The fraction of sp³-hybridized carbons (Fsp3) is 0.611. The lowest BCUT2D eigenvalue weighted by Crippen LogP contribution is -2.45. The molecule has 0 spiro atoms. The molecule has 3 rings (SSSR count). The van der Waals surface area contributed by atoms with Crippen LogP contribution in [-0.4, -0.2) is 64.1 Å². The van der Waals surface area contributed by atoms with E-state index in [2.05, 4.69) is 33.5 Å². The summed E-state index contributed by atoms with van der Waals surface area (Å²) < 4.78 is 11.1. The molecular weight excluding hydrogens is 467 g/mol. The van der Waals surface area contributed by atoms with Gasteiger partial charge >= 0.3 is 0 Å². The largest absolute Gasteiger partial charge is 0.376 e. The Morgan fingerprint density at radius 3 is 3.00 bits per heavy atom. The number of hydrogen-bond donors (Lipinski definition) is 2. The summed E-state index contributed by atoms with van der Waals surface area (Å²) in [5.41, 5.74) is 1.17. The zero-order chi connectivity index (χ0) is 17.5. The zero-order valence-corrected chi connectivity index (χ0v) is 18.2. The first-order chi connectivity index (χ1) is 12.2. The lowest BCUT2D eigenvalue weighted by molar-refractivity contribution is -0.0832. The molecule has 2 atom stereocenters. The van der Waals surface area contributed by atoms with E-state index in [9.17, 15) is 0 Å². The van der Waals surface area contributed by atoms with Crippen LogP contribution in [0.2, 0.25) is 5.02 Å². The Kier molecular flexibility index (Phi) is 9.24. The van der Waals surface area contributed by atoms with E-state index in [1.165, 1.54) is 5.69 Å². The molecule has 0 amide bonds. The van der Waals surface area contributed by atoms with Crippen LogP contribution in [0.1, 0.15) is 13.3 Å². The number of hydrogen-bond acceptors (Lipinski definition) is 4. The third-order valence-electron chi connectivity index (χ3n) is 4.38. The predicted molar refractivity (Wildman–Crippen MR) is 117 cm³/mol. The molecule has 146 valence electrons. The van der Waals surface area contributed by atoms with Crippen LogP contribution in [0.3, 0.4) is 0 Å². The molecule has 26 heavy (non-hydrogen) atoms. The second-order valence-corrected chi connectivity index (χ2v) is 6.78. The van der Waals surface area contributed by atoms with Crippen molar-refractivity contribution in [2.24, 2.45) is 4.99 Å². The van der Waals surface area contributed by atoms with Gasteiger partial charge in [-0.15, -0.1) is 24.0 Å². The SMILES string of the molecule is CCNC(=NCC1COCCO1)NC1CCN(c2cccc(Cl)c2)C1.I. The number of nitrogens with one attached hydrogen (secondary N) is 2. The van der Waals surface area contributed by atoms with Crippen molar-refractivity contribution in [3.8, 4) is 0 Å². The van der Waals surface area contributed by atoms with Crippen LogP contribution in [-0.2, 0) is 9.47 Å². The van der Waals surface area contributed by atoms with Crippen molar-refractivity contribution in [1.82, 2.24) is 10.6 Å². The summed E-state index contributed by atoms with van der Waals surface area (Å²) in [6, 6.07) is 8.39. The van der Waals surface area contributed by atoms with Crippen molar-refractivity contribution in [2.45, 2.75) is 25.5 Å². The molecule has 2 N–H and O–H groups in total. The van der Waals surface area contributed by atoms with E-state index in [0.29, 0.717) is 32.4 Å². The zero-order valence-electron chi connectivity index (χ0n) is 15.1. The number of benzene rings is 1. The van der Waals surface area contributed by atoms with Gasteiger partial charge in [0.25, 0.3) is 0 Å². The first-order valence-corrected chi connectivity index (χ1v) is 9.37. The fourth-order valence-corrected chi connectivity index (χ4v) is 3.32. The highest BCUT2D eigenvalue weighted by Crippen LogP contribution is 2.23. The van der Waals surface area contributed by atoms with Gasteiger partial charge in [0.05, 0.1) is 26.4 Å². The monoisotopic (exact) mass is 494 g/mol. The number of nitrogens with zero attached hydrogens (tertiary/aromatic N) is 2. The normalized spacial score (nSPS) is 23.5. The van der Waals surface area contributed by atoms with Gasteiger partial charge in [-0.05, 0) is 31.5 Å². The molecule has 2 unspecified atom stereocenters. The van der Waals surface area contributed by atoms with Crippen molar-refractivity contribution in [2.75, 3.05) is 50.9 Å². The number of ether oxygens (including phenoxy) is 2. The summed E-state index contributed by atoms with van der Waals surface area (Å²) in [7, 11) is 0. The van der Waals surface area contributed by atoms with Crippen LogP contribution in [0.5, 0.6) is 0 Å². The van der Waals surface area contributed by atoms with Crippen LogP contribution in [0, 0.1) is 0 Å². The van der Waals surface area contributed by atoms with E-state index in [-0.39, 0.29) is 30.1 Å². The minimum Gasteiger partial charge on any atom is -0.376 e. The Labute approximate surface area is 177 Å². The summed E-state index contributed by atoms with van der Waals surface area (Å²) in [5.74, 6) is 0.842. The van der Waals surface area contributed by atoms with Gasteiger partial charge in [-0.2, -0.15) is 0 Å². The van der Waals surface area contributed by atoms with Gasteiger partial charge in [0.2, 0.25) is 0 Å². The Morgan fingerprint density at radius 2 is 2.27 bits per heavy atom. The maximum atomic E-state index is 6.11. The highest BCUT2D eigenvalue weighted by atomic mass is 127. The molecule has 8 heteroatoms. The van der Waals surface area contributed by atoms with Crippen LogP contribution < -0.4 is 15.5 Å². The Hall–Kier alpha value is -0.770. The smallest absolute Gasteiger partial charge is 0.191 e. The molecule has 6 nitrogen and oxygen atoms in total. The summed E-state index contributed by atoms with van der Waals surface area (Å²) in [4.78, 5) is 7.01. The number of halogens is 2. The highest BCUT2D eigenvalue weighted by molar-refractivity contribution is 14.0. The third-order valence-corrected chi connectivity index (χ3v) is 4.62. The van der Waals surface area contributed by atoms with Gasteiger partial charge in [-0.25, -0.2) is 0 Å². The van der Waals surface area contributed by atoms with Gasteiger partial charge in [0.15, 0.2) is 5.96 Å². The van der Waals surface area contributed by atoms with Crippen molar-refractivity contribution < 1.29 is 9.47 Å². The molecule has 0 aromatic heterocycles. The molecule has 1 aromatic rings. The second-order valence-electron chi connectivity index (χ2n) is 6.34. The molecule has 2 heterocycles. The Balaban J connectivity index is 0.00000243. The third kappa shape index (κ3) is 6.44. The predicted octanol–water partition coefficient (Wildman–Crippen LogP) is 2.51. The number of aliphatic imine (C=N–C) groups is 1. The molecule has 0 bridgehead atoms. The first-order valence-electron chi connectivity index (χ1n) is 8.99. The van der Waals surface area contributed by atoms with E-state index in [1.807, 2.05) is 18.2 Å². The van der Waals surface area contributed by atoms with E-state index < -0.39 is 0 Å². The van der Waals surface area contributed by atoms with Crippen LogP contribution in [0.15, 0.2) is 29.3 Å². The minimum atomic E-state index is 0. The standard InChI is InChI=1S/C18H27ClN4O2.HI/c1-2-20-18(21-11-17-13-24-8-9-25-17)22-15-6-7-23(12-15)16-5-3-4-14(19)10-16;/h3-5,10,15,17H,2,6-9,11-13H2,1H3,(H2,20,21,22);1H. The van der Waals surface area contributed by atoms with Crippen LogP contribution in [0.4, 0.5) is 5.69 Å². The minimum absolute atomic E-state index is 0.